The molecule has 0 aliphatic carbocycles. The average molecular weight is 288 g/mol. The molecule has 1 aliphatic rings. The number of carboxylic acids is 1. The monoisotopic (exact) mass is 287 g/mol. The summed E-state index contributed by atoms with van der Waals surface area (Å²) in [5, 5.41) is 9.86. The molecule has 0 spiro atoms. The number of halogens is 1. The normalized spacial score (nSPS) is 13.9. The molecule has 4 heteroatoms. The van der Waals surface area contributed by atoms with Gasteiger partial charge in [-0.15, -0.1) is 0 Å². The van der Waals surface area contributed by atoms with Gasteiger partial charge in [-0.3, -0.25) is 0 Å². The lowest BCUT2D eigenvalue weighted by atomic mass is 10.00. The summed E-state index contributed by atoms with van der Waals surface area (Å²) in [6.45, 7) is 0.779. The highest BCUT2D eigenvalue weighted by Gasteiger charge is 2.24. The third-order valence-electron chi connectivity index (χ3n) is 3.60. The topological polar surface area (TPSA) is 40.5 Å². The van der Waals surface area contributed by atoms with E-state index in [0.29, 0.717) is 10.7 Å². The Labute approximate surface area is 122 Å². The molecule has 0 amide bonds. The number of fused-ring (bicyclic) bond motifs is 1. The van der Waals surface area contributed by atoms with E-state index in [9.17, 15) is 9.90 Å². The highest BCUT2D eigenvalue weighted by Crippen LogP contribution is 2.39. The van der Waals surface area contributed by atoms with E-state index < -0.39 is 5.97 Å². The van der Waals surface area contributed by atoms with E-state index in [-0.39, 0.29) is 5.56 Å². The maximum atomic E-state index is 11.4. The van der Waals surface area contributed by atoms with Gasteiger partial charge in [0.1, 0.15) is 0 Å². The molecule has 0 bridgehead atoms. The van der Waals surface area contributed by atoms with Crippen LogP contribution < -0.4 is 4.90 Å². The van der Waals surface area contributed by atoms with Crippen LogP contribution in [-0.2, 0) is 6.42 Å². The fourth-order valence-electron chi connectivity index (χ4n) is 2.73. The van der Waals surface area contributed by atoms with E-state index in [0.717, 1.165) is 25.1 Å². The van der Waals surface area contributed by atoms with Crippen LogP contribution in [0.1, 0.15) is 22.3 Å². The minimum atomic E-state index is -0.953. The molecule has 0 aromatic heterocycles. The summed E-state index contributed by atoms with van der Waals surface area (Å²) in [4.78, 5) is 13.5. The molecule has 2 aromatic carbocycles. The fraction of sp³-hybridized carbons (Fsp3) is 0.188. The number of hydrogen-bond donors (Lipinski definition) is 1. The standard InChI is InChI=1S/C16H14ClNO2/c17-13-8-3-7-12(16(19)20)15(13)18-10-4-6-11-5-1-2-9-14(11)18/h1-3,5,7-9H,4,6,10H2,(H,19,20). The molecule has 1 aliphatic heterocycles. The van der Waals surface area contributed by atoms with Crippen molar-refractivity contribution in [2.45, 2.75) is 12.8 Å². The lowest BCUT2D eigenvalue weighted by Gasteiger charge is -2.32. The lowest BCUT2D eigenvalue weighted by Crippen LogP contribution is -2.26. The van der Waals surface area contributed by atoms with Gasteiger partial charge in [-0.25, -0.2) is 4.79 Å². The van der Waals surface area contributed by atoms with Crippen molar-refractivity contribution < 1.29 is 9.90 Å². The van der Waals surface area contributed by atoms with Gasteiger partial charge >= 0.3 is 5.97 Å². The molecule has 1 heterocycles. The predicted molar refractivity (Wildman–Crippen MR) is 80.2 cm³/mol. The number of rotatable bonds is 2. The van der Waals surface area contributed by atoms with Crippen LogP contribution in [0.15, 0.2) is 42.5 Å². The molecule has 102 valence electrons. The number of aromatic carboxylic acids is 1. The number of benzene rings is 2. The zero-order valence-corrected chi connectivity index (χ0v) is 11.6. The van der Waals surface area contributed by atoms with E-state index in [1.807, 2.05) is 23.1 Å². The van der Waals surface area contributed by atoms with Crippen molar-refractivity contribution in [3.8, 4) is 0 Å². The summed E-state index contributed by atoms with van der Waals surface area (Å²) in [7, 11) is 0. The van der Waals surface area contributed by atoms with E-state index >= 15 is 0 Å². The van der Waals surface area contributed by atoms with Crippen LogP contribution in [0.5, 0.6) is 0 Å². The second-order valence-electron chi connectivity index (χ2n) is 4.83. The Hall–Kier alpha value is -2.00. The van der Waals surface area contributed by atoms with Gasteiger partial charge in [0.25, 0.3) is 0 Å². The van der Waals surface area contributed by atoms with Crippen molar-refractivity contribution >= 4 is 28.9 Å². The van der Waals surface area contributed by atoms with Crippen LogP contribution in [0.3, 0.4) is 0 Å². The third-order valence-corrected chi connectivity index (χ3v) is 3.90. The Morgan fingerprint density at radius 3 is 2.75 bits per heavy atom. The second kappa shape index (κ2) is 5.17. The van der Waals surface area contributed by atoms with Crippen molar-refractivity contribution in [3.05, 3.63) is 58.6 Å². The van der Waals surface area contributed by atoms with Crippen molar-refractivity contribution in [1.82, 2.24) is 0 Å². The molecule has 1 N–H and O–H groups in total. The van der Waals surface area contributed by atoms with Crippen LogP contribution in [0.25, 0.3) is 0 Å². The molecule has 0 fully saturated rings. The highest BCUT2D eigenvalue weighted by molar-refractivity contribution is 6.34. The molecule has 3 rings (SSSR count). The Bertz CT molecular complexity index is 669. The zero-order valence-electron chi connectivity index (χ0n) is 10.8. The number of nitrogens with zero attached hydrogens (tertiary/aromatic N) is 1. The van der Waals surface area contributed by atoms with Gasteiger partial charge in [0.15, 0.2) is 0 Å². The van der Waals surface area contributed by atoms with Gasteiger partial charge in [-0.2, -0.15) is 0 Å². The minimum absolute atomic E-state index is 0.245. The van der Waals surface area contributed by atoms with Crippen LogP contribution in [-0.4, -0.2) is 17.6 Å². The summed E-state index contributed by atoms with van der Waals surface area (Å²) in [6.07, 6.45) is 2.00. The molecular formula is C16H14ClNO2. The van der Waals surface area contributed by atoms with Gasteiger partial charge in [-0.1, -0.05) is 35.9 Å². The first-order valence-electron chi connectivity index (χ1n) is 6.56. The summed E-state index contributed by atoms with van der Waals surface area (Å²) < 4.78 is 0. The smallest absolute Gasteiger partial charge is 0.337 e. The Balaban J connectivity index is 2.18. The second-order valence-corrected chi connectivity index (χ2v) is 5.23. The third kappa shape index (κ3) is 2.14. The van der Waals surface area contributed by atoms with Gasteiger partial charge in [0.2, 0.25) is 0 Å². The van der Waals surface area contributed by atoms with Crippen molar-refractivity contribution in [2.24, 2.45) is 0 Å². The number of aryl methyl sites for hydroxylation is 1. The maximum Gasteiger partial charge on any atom is 0.337 e. The van der Waals surface area contributed by atoms with E-state index in [1.165, 1.54) is 5.56 Å². The van der Waals surface area contributed by atoms with Crippen molar-refractivity contribution in [2.75, 3.05) is 11.4 Å². The number of carbonyl (C=O) groups is 1. The zero-order chi connectivity index (χ0) is 14.1. The van der Waals surface area contributed by atoms with Gasteiger partial charge < -0.3 is 10.0 Å². The molecule has 0 saturated carbocycles. The first-order valence-corrected chi connectivity index (χ1v) is 6.93. The molecule has 0 unspecified atom stereocenters. The van der Waals surface area contributed by atoms with E-state index in [2.05, 4.69) is 6.07 Å². The largest absolute Gasteiger partial charge is 0.478 e. The summed E-state index contributed by atoms with van der Waals surface area (Å²) in [6, 6.07) is 13.1. The fourth-order valence-corrected chi connectivity index (χ4v) is 3.00. The molecule has 20 heavy (non-hydrogen) atoms. The Morgan fingerprint density at radius 1 is 1.15 bits per heavy atom. The molecule has 2 aromatic rings. The Morgan fingerprint density at radius 2 is 1.95 bits per heavy atom. The number of hydrogen-bond acceptors (Lipinski definition) is 2. The van der Waals surface area contributed by atoms with E-state index in [4.69, 9.17) is 11.6 Å². The van der Waals surface area contributed by atoms with Crippen LogP contribution in [0.4, 0.5) is 11.4 Å². The SMILES string of the molecule is O=C(O)c1cccc(Cl)c1N1CCCc2ccccc21. The predicted octanol–water partition coefficient (Wildman–Crippen LogP) is 4.12. The molecule has 0 atom stereocenters. The molecule has 0 saturated heterocycles. The first-order chi connectivity index (χ1) is 9.68. The summed E-state index contributed by atoms with van der Waals surface area (Å²) >= 11 is 6.27. The minimum Gasteiger partial charge on any atom is -0.478 e. The summed E-state index contributed by atoms with van der Waals surface area (Å²) in [5.41, 5.74) is 3.12. The number of anilines is 2. The quantitative estimate of drug-likeness (QED) is 0.903. The van der Waals surface area contributed by atoms with Crippen LogP contribution in [0, 0.1) is 0 Å². The lowest BCUT2D eigenvalue weighted by molar-refractivity contribution is 0.0697. The highest BCUT2D eigenvalue weighted by atomic mass is 35.5. The maximum absolute atomic E-state index is 11.4. The summed E-state index contributed by atoms with van der Waals surface area (Å²) in [5.74, 6) is -0.953. The first kappa shape index (κ1) is 13.0. The van der Waals surface area contributed by atoms with Crippen LogP contribution >= 0.6 is 11.6 Å². The van der Waals surface area contributed by atoms with Gasteiger partial charge in [0, 0.05) is 12.2 Å². The van der Waals surface area contributed by atoms with E-state index in [1.54, 1.807) is 18.2 Å². The van der Waals surface area contributed by atoms with Gasteiger partial charge in [-0.05, 0) is 36.6 Å². The number of para-hydroxylation sites is 2. The van der Waals surface area contributed by atoms with Crippen molar-refractivity contribution in [1.29, 1.82) is 0 Å². The molecule has 0 radical (unpaired) electrons. The van der Waals surface area contributed by atoms with Crippen LogP contribution in [0.2, 0.25) is 5.02 Å². The van der Waals surface area contributed by atoms with Gasteiger partial charge in [0.05, 0.1) is 16.3 Å². The molecule has 3 nitrogen and oxygen atoms in total. The van der Waals surface area contributed by atoms with Crippen molar-refractivity contribution in [3.63, 3.8) is 0 Å². The Kier molecular flexibility index (Phi) is 3.36. The number of carboxylic acid groups (broad SMARTS) is 1. The average Bonchev–Trinajstić information content (AvgIpc) is 2.46. The molecular weight excluding hydrogens is 274 g/mol.